The molecule has 39 heavy (non-hydrogen) atoms. The van der Waals surface area contributed by atoms with Crippen LogP contribution in [0.15, 0.2) is 36.4 Å². The maximum atomic E-state index is 12.8. The Hall–Kier alpha value is -3.92. The highest BCUT2D eigenvalue weighted by atomic mass is 35.5. The minimum Gasteiger partial charge on any atom is -0.493 e. The van der Waals surface area contributed by atoms with Crippen molar-refractivity contribution in [1.29, 1.82) is 0 Å². The number of ether oxygens (including phenoxy) is 2. The van der Waals surface area contributed by atoms with E-state index in [1.807, 2.05) is 50.2 Å². The molecule has 10 nitrogen and oxygen atoms in total. The van der Waals surface area contributed by atoms with Crippen LogP contribution in [0.4, 0.5) is 0 Å². The Bertz CT molecular complexity index is 1420. The van der Waals surface area contributed by atoms with Crippen molar-refractivity contribution in [1.82, 2.24) is 35.5 Å². The van der Waals surface area contributed by atoms with Gasteiger partial charge in [0.15, 0.2) is 11.5 Å². The second kappa shape index (κ2) is 12.8. The summed E-state index contributed by atoms with van der Waals surface area (Å²) in [4.78, 5) is 17.5. The summed E-state index contributed by atoms with van der Waals surface area (Å²) >= 11 is 6.54. The molecular formula is C28H34ClN7O3. The van der Waals surface area contributed by atoms with Crippen LogP contribution in [0.5, 0.6) is 11.5 Å². The van der Waals surface area contributed by atoms with Gasteiger partial charge in [0.05, 0.1) is 31.5 Å². The van der Waals surface area contributed by atoms with Gasteiger partial charge in [-0.05, 0) is 55.0 Å². The number of methoxy groups -OCH3 is 2. The zero-order chi connectivity index (χ0) is 27.9. The third-order valence-corrected chi connectivity index (χ3v) is 7.32. The van der Waals surface area contributed by atoms with Gasteiger partial charge in [0, 0.05) is 24.2 Å². The van der Waals surface area contributed by atoms with Crippen LogP contribution in [0.2, 0.25) is 5.02 Å². The molecule has 11 heteroatoms. The Morgan fingerprint density at radius 2 is 1.92 bits per heavy atom. The SMILES string of the molecule is COc1ccc(CC(C)CCC(=O)NCc2nc(C)c(C)n2Cc2ccccc2-c2nn[nH]n2)c(Cl)c1OC. The molecular weight excluding hydrogens is 518 g/mol. The number of tetrazole rings is 1. The number of carbonyl (C=O) groups is 1. The van der Waals surface area contributed by atoms with Gasteiger partial charge in [0.1, 0.15) is 5.82 Å². The van der Waals surface area contributed by atoms with E-state index in [9.17, 15) is 4.79 Å². The number of hydrogen-bond acceptors (Lipinski definition) is 7. The number of amides is 1. The largest absolute Gasteiger partial charge is 0.493 e. The second-order valence-electron chi connectivity index (χ2n) is 9.58. The van der Waals surface area contributed by atoms with E-state index in [-0.39, 0.29) is 11.8 Å². The summed E-state index contributed by atoms with van der Waals surface area (Å²) in [5, 5.41) is 18.1. The summed E-state index contributed by atoms with van der Waals surface area (Å²) in [6.07, 6.45) is 1.86. The molecule has 1 unspecified atom stereocenters. The smallest absolute Gasteiger partial charge is 0.220 e. The topological polar surface area (TPSA) is 120 Å². The van der Waals surface area contributed by atoms with Crippen molar-refractivity contribution in [2.75, 3.05) is 14.2 Å². The first-order valence-electron chi connectivity index (χ1n) is 12.8. The maximum absolute atomic E-state index is 12.8. The van der Waals surface area contributed by atoms with E-state index in [4.69, 9.17) is 26.1 Å². The van der Waals surface area contributed by atoms with Crippen molar-refractivity contribution in [3.63, 3.8) is 0 Å². The van der Waals surface area contributed by atoms with Crippen LogP contribution in [-0.2, 0) is 24.3 Å². The fourth-order valence-corrected chi connectivity index (χ4v) is 4.91. The van der Waals surface area contributed by atoms with Gasteiger partial charge in [-0.25, -0.2) is 4.98 Å². The predicted molar refractivity (Wildman–Crippen MR) is 149 cm³/mol. The molecule has 0 saturated heterocycles. The number of imidazole rings is 1. The van der Waals surface area contributed by atoms with Crippen LogP contribution in [0, 0.1) is 19.8 Å². The van der Waals surface area contributed by atoms with Crippen LogP contribution < -0.4 is 14.8 Å². The van der Waals surface area contributed by atoms with Crippen LogP contribution in [-0.4, -0.2) is 50.3 Å². The Morgan fingerprint density at radius 1 is 1.13 bits per heavy atom. The molecule has 4 aromatic rings. The zero-order valence-electron chi connectivity index (χ0n) is 22.9. The third-order valence-electron chi connectivity index (χ3n) is 6.91. The van der Waals surface area contributed by atoms with E-state index in [0.29, 0.717) is 41.9 Å². The number of halogens is 1. The Labute approximate surface area is 233 Å². The molecule has 2 aromatic heterocycles. The molecule has 0 aliphatic carbocycles. The van der Waals surface area contributed by atoms with Gasteiger partial charge in [0.2, 0.25) is 11.7 Å². The number of aromatic nitrogens is 6. The van der Waals surface area contributed by atoms with Crippen LogP contribution in [0.3, 0.4) is 0 Å². The number of aryl methyl sites for hydroxylation is 1. The van der Waals surface area contributed by atoms with E-state index < -0.39 is 0 Å². The van der Waals surface area contributed by atoms with Gasteiger partial charge in [-0.2, -0.15) is 5.21 Å². The molecule has 0 fully saturated rings. The zero-order valence-corrected chi connectivity index (χ0v) is 23.7. The van der Waals surface area contributed by atoms with Gasteiger partial charge in [-0.3, -0.25) is 4.79 Å². The monoisotopic (exact) mass is 551 g/mol. The number of hydrogen-bond donors (Lipinski definition) is 2. The van der Waals surface area contributed by atoms with Crippen molar-refractivity contribution >= 4 is 17.5 Å². The number of H-pyrrole nitrogens is 1. The predicted octanol–water partition coefficient (Wildman–Crippen LogP) is 4.67. The molecule has 0 spiro atoms. The highest BCUT2D eigenvalue weighted by Gasteiger charge is 2.18. The van der Waals surface area contributed by atoms with E-state index >= 15 is 0 Å². The third kappa shape index (κ3) is 6.57. The number of rotatable bonds is 12. The van der Waals surface area contributed by atoms with Crippen LogP contribution in [0.25, 0.3) is 11.4 Å². The first-order chi connectivity index (χ1) is 18.8. The highest BCUT2D eigenvalue weighted by molar-refractivity contribution is 6.33. The first-order valence-corrected chi connectivity index (χ1v) is 13.2. The molecule has 2 heterocycles. The standard InChI is InChI=1S/C28H34ClN7O3/c1-17(14-20-11-12-23(38-4)27(39-5)26(20)29)10-13-25(37)30-15-24-31-18(2)19(3)36(24)16-21-8-6-7-9-22(21)28-32-34-35-33-28/h6-9,11-12,17H,10,13-16H2,1-5H3,(H,30,37)(H,32,33,34,35). The Balaban J connectivity index is 1.36. The molecule has 0 bridgehead atoms. The van der Waals surface area contributed by atoms with Crippen molar-refractivity contribution < 1.29 is 14.3 Å². The summed E-state index contributed by atoms with van der Waals surface area (Å²) in [6.45, 7) is 7.04. The fourth-order valence-electron chi connectivity index (χ4n) is 4.60. The number of nitrogens with one attached hydrogen (secondary N) is 2. The van der Waals surface area contributed by atoms with E-state index in [1.165, 1.54) is 0 Å². The van der Waals surface area contributed by atoms with Gasteiger partial charge in [-0.15, -0.1) is 10.2 Å². The Morgan fingerprint density at radius 3 is 2.64 bits per heavy atom. The van der Waals surface area contributed by atoms with Gasteiger partial charge >= 0.3 is 0 Å². The minimum atomic E-state index is -0.0164. The number of benzene rings is 2. The Kier molecular flexibility index (Phi) is 9.19. The van der Waals surface area contributed by atoms with Crippen LogP contribution >= 0.6 is 11.6 Å². The van der Waals surface area contributed by atoms with Crippen LogP contribution in [0.1, 0.15) is 48.1 Å². The first kappa shape index (κ1) is 28.1. The van der Waals surface area contributed by atoms with Crippen molar-refractivity contribution in [3.8, 4) is 22.9 Å². The summed E-state index contributed by atoms with van der Waals surface area (Å²) in [5.41, 5.74) is 4.88. The van der Waals surface area contributed by atoms with Crippen molar-refractivity contribution in [2.24, 2.45) is 5.92 Å². The lowest BCUT2D eigenvalue weighted by Gasteiger charge is -2.16. The normalized spacial score (nSPS) is 11.8. The quantitative estimate of drug-likeness (QED) is 0.262. The average molecular weight is 552 g/mol. The maximum Gasteiger partial charge on any atom is 0.220 e. The molecule has 206 valence electrons. The highest BCUT2D eigenvalue weighted by Crippen LogP contribution is 2.38. The molecule has 0 radical (unpaired) electrons. The number of aromatic amines is 1. The summed E-state index contributed by atoms with van der Waals surface area (Å²) in [5.74, 6) is 2.70. The summed E-state index contributed by atoms with van der Waals surface area (Å²) < 4.78 is 12.8. The van der Waals surface area contributed by atoms with Gasteiger partial charge < -0.3 is 19.4 Å². The summed E-state index contributed by atoms with van der Waals surface area (Å²) in [6, 6.07) is 11.7. The molecule has 2 aromatic carbocycles. The summed E-state index contributed by atoms with van der Waals surface area (Å²) in [7, 11) is 3.15. The average Bonchev–Trinajstić information content (AvgIpc) is 3.56. The minimum absolute atomic E-state index is 0.0164. The molecule has 2 N–H and O–H groups in total. The van der Waals surface area contributed by atoms with Crippen molar-refractivity contribution in [3.05, 3.63) is 69.8 Å². The fraction of sp³-hybridized carbons (Fsp3) is 0.393. The molecule has 1 atom stereocenters. The molecule has 4 rings (SSSR count). The van der Waals surface area contributed by atoms with E-state index in [2.05, 4.69) is 37.4 Å². The van der Waals surface area contributed by atoms with Gasteiger partial charge in [-0.1, -0.05) is 48.9 Å². The van der Waals surface area contributed by atoms with E-state index in [1.54, 1.807) is 14.2 Å². The molecule has 1 amide bonds. The van der Waals surface area contributed by atoms with Gasteiger partial charge in [0.25, 0.3) is 0 Å². The lowest BCUT2D eigenvalue weighted by Crippen LogP contribution is -2.25. The second-order valence-corrected chi connectivity index (χ2v) is 9.95. The lowest BCUT2D eigenvalue weighted by molar-refractivity contribution is -0.121. The van der Waals surface area contributed by atoms with Crippen molar-refractivity contribution in [2.45, 2.75) is 53.1 Å². The van der Waals surface area contributed by atoms with E-state index in [0.717, 1.165) is 46.7 Å². The molecule has 0 aliphatic heterocycles. The molecule has 0 saturated carbocycles. The lowest BCUT2D eigenvalue weighted by atomic mass is 9.96. The molecule has 0 aliphatic rings. The number of carbonyl (C=O) groups excluding carboxylic acids is 1. The number of nitrogens with zero attached hydrogens (tertiary/aromatic N) is 5.